The van der Waals surface area contributed by atoms with E-state index in [-0.39, 0.29) is 0 Å². The lowest BCUT2D eigenvalue weighted by Crippen LogP contribution is -1.98. The van der Waals surface area contributed by atoms with Gasteiger partial charge in [0.25, 0.3) is 0 Å². The van der Waals surface area contributed by atoms with Crippen molar-refractivity contribution in [1.82, 2.24) is 9.38 Å². The highest BCUT2D eigenvalue weighted by atomic mass is 35.5. The van der Waals surface area contributed by atoms with E-state index in [1.165, 1.54) is 0 Å². The summed E-state index contributed by atoms with van der Waals surface area (Å²) in [5.41, 5.74) is 1.44. The Bertz CT molecular complexity index is 543. The van der Waals surface area contributed by atoms with Crippen LogP contribution in [0.2, 0.25) is 5.15 Å². The van der Waals surface area contributed by atoms with Gasteiger partial charge in [0.05, 0.1) is 11.2 Å². The van der Waals surface area contributed by atoms with Gasteiger partial charge in [0.1, 0.15) is 5.82 Å². The molecule has 0 amide bonds. The summed E-state index contributed by atoms with van der Waals surface area (Å²) in [5, 5.41) is 0.487. The molecule has 1 aliphatic rings. The molecule has 1 saturated carbocycles. The van der Waals surface area contributed by atoms with Gasteiger partial charge >= 0.3 is 0 Å². The van der Waals surface area contributed by atoms with Crippen molar-refractivity contribution >= 4 is 23.4 Å². The maximum atomic E-state index is 10.9. The van der Waals surface area contributed by atoms with E-state index in [2.05, 4.69) is 4.98 Å². The Morgan fingerprint density at radius 2 is 2.27 bits per heavy atom. The topological polar surface area (TPSA) is 34.4 Å². The molecular weight excluding hydrogens is 212 g/mol. The first-order valence-corrected chi connectivity index (χ1v) is 5.31. The molecule has 0 aliphatic heterocycles. The molecule has 4 heteroatoms. The van der Waals surface area contributed by atoms with Gasteiger partial charge in [-0.15, -0.1) is 0 Å². The lowest BCUT2D eigenvalue weighted by atomic mass is 10.3. The zero-order valence-electron chi connectivity index (χ0n) is 7.98. The molecule has 2 heterocycles. The number of rotatable bonds is 2. The minimum Gasteiger partial charge on any atom is -0.296 e. The van der Waals surface area contributed by atoms with Gasteiger partial charge in [-0.1, -0.05) is 17.7 Å². The summed E-state index contributed by atoms with van der Waals surface area (Å²) in [6.45, 7) is 0. The molecule has 0 atom stereocenters. The molecule has 0 bridgehead atoms. The number of nitrogens with zero attached hydrogens (tertiary/aromatic N) is 2. The van der Waals surface area contributed by atoms with Crippen LogP contribution in [0.1, 0.15) is 35.1 Å². The van der Waals surface area contributed by atoms with E-state index in [0.29, 0.717) is 16.8 Å². The number of fused-ring (bicyclic) bond motifs is 1. The van der Waals surface area contributed by atoms with Gasteiger partial charge in [-0.3, -0.25) is 9.20 Å². The Balaban J connectivity index is 2.39. The molecule has 2 aromatic rings. The lowest BCUT2D eigenvalue weighted by Gasteiger charge is -2.01. The summed E-state index contributed by atoms with van der Waals surface area (Å²) in [5.74, 6) is 1.41. The third-order valence-electron chi connectivity index (χ3n) is 2.74. The van der Waals surface area contributed by atoms with E-state index in [4.69, 9.17) is 11.6 Å². The van der Waals surface area contributed by atoms with Gasteiger partial charge in [-0.25, -0.2) is 4.98 Å². The molecule has 3 rings (SSSR count). The fourth-order valence-corrected chi connectivity index (χ4v) is 2.09. The van der Waals surface area contributed by atoms with Gasteiger partial charge < -0.3 is 0 Å². The largest absolute Gasteiger partial charge is 0.296 e. The molecule has 0 aromatic carbocycles. The number of pyridine rings is 1. The van der Waals surface area contributed by atoms with Crippen LogP contribution in [0.4, 0.5) is 0 Å². The van der Waals surface area contributed by atoms with Gasteiger partial charge in [0.15, 0.2) is 11.4 Å². The van der Waals surface area contributed by atoms with Crippen molar-refractivity contribution in [2.45, 2.75) is 18.8 Å². The van der Waals surface area contributed by atoms with E-state index in [1.807, 2.05) is 16.5 Å². The molecule has 0 spiro atoms. The molecule has 1 fully saturated rings. The standard InChI is InChI=1S/C11H9ClN2O/c12-10-9-3-1-2-8(6-15)14(9)11(13-10)7-4-5-7/h1-3,6-7H,4-5H2. The normalized spacial score (nSPS) is 15.8. The molecule has 2 aromatic heterocycles. The quantitative estimate of drug-likeness (QED) is 0.730. The maximum Gasteiger partial charge on any atom is 0.166 e. The molecular formula is C11H9ClN2O. The molecule has 3 nitrogen and oxygen atoms in total. The predicted octanol–water partition coefficient (Wildman–Crippen LogP) is 2.68. The fraction of sp³-hybridized carbons (Fsp3) is 0.273. The van der Waals surface area contributed by atoms with Gasteiger partial charge in [-0.2, -0.15) is 0 Å². The first kappa shape index (κ1) is 8.92. The van der Waals surface area contributed by atoms with Crippen LogP contribution in [0, 0.1) is 0 Å². The van der Waals surface area contributed by atoms with Crippen molar-refractivity contribution in [2.24, 2.45) is 0 Å². The van der Waals surface area contributed by atoms with Crippen molar-refractivity contribution in [3.05, 3.63) is 34.9 Å². The number of carbonyl (C=O) groups is 1. The number of aldehydes is 1. The first-order chi connectivity index (χ1) is 7.31. The Kier molecular flexibility index (Phi) is 1.83. The highest BCUT2D eigenvalue weighted by Crippen LogP contribution is 2.40. The highest BCUT2D eigenvalue weighted by Gasteiger charge is 2.29. The van der Waals surface area contributed by atoms with Crippen LogP contribution in [-0.2, 0) is 0 Å². The molecule has 0 unspecified atom stereocenters. The summed E-state index contributed by atoms with van der Waals surface area (Å²) >= 11 is 6.03. The Morgan fingerprint density at radius 3 is 2.93 bits per heavy atom. The summed E-state index contributed by atoms with van der Waals surface area (Å²) in [7, 11) is 0. The van der Waals surface area contributed by atoms with Crippen LogP contribution < -0.4 is 0 Å². The Labute approximate surface area is 91.7 Å². The van der Waals surface area contributed by atoms with Crippen LogP contribution >= 0.6 is 11.6 Å². The van der Waals surface area contributed by atoms with E-state index in [0.717, 1.165) is 30.5 Å². The number of carbonyl (C=O) groups excluding carboxylic acids is 1. The predicted molar refractivity (Wildman–Crippen MR) is 57.6 cm³/mol. The van der Waals surface area contributed by atoms with E-state index < -0.39 is 0 Å². The van der Waals surface area contributed by atoms with Crippen molar-refractivity contribution in [1.29, 1.82) is 0 Å². The summed E-state index contributed by atoms with van der Waals surface area (Å²) < 4.78 is 1.87. The number of imidazole rings is 1. The highest BCUT2D eigenvalue weighted by molar-refractivity contribution is 6.32. The molecule has 76 valence electrons. The van der Waals surface area contributed by atoms with Crippen LogP contribution in [0.25, 0.3) is 5.52 Å². The third kappa shape index (κ3) is 1.27. The molecule has 0 N–H and O–H groups in total. The van der Waals surface area contributed by atoms with E-state index >= 15 is 0 Å². The van der Waals surface area contributed by atoms with Crippen LogP contribution in [0.3, 0.4) is 0 Å². The second-order valence-corrected chi connectivity index (χ2v) is 4.18. The second kappa shape index (κ2) is 3.07. The molecule has 0 saturated heterocycles. The number of hydrogen-bond acceptors (Lipinski definition) is 2. The third-order valence-corrected chi connectivity index (χ3v) is 3.01. The monoisotopic (exact) mass is 220 g/mol. The average molecular weight is 221 g/mol. The first-order valence-electron chi connectivity index (χ1n) is 4.93. The Hall–Kier alpha value is -1.35. The zero-order chi connectivity index (χ0) is 10.4. The van der Waals surface area contributed by atoms with Gasteiger partial charge in [-0.05, 0) is 25.0 Å². The number of halogens is 1. The second-order valence-electron chi connectivity index (χ2n) is 3.82. The van der Waals surface area contributed by atoms with Crippen molar-refractivity contribution in [2.75, 3.05) is 0 Å². The Morgan fingerprint density at radius 1 is 1.47 bits per heavy atom. The lowest BCUT2D eigenvalue weighted by molar-refractivity contribution is 0.111. The zero-order valence-corrected chi connectivity index (χ0v) is 8.74. The average Bonchev–Trinajstić information content (AvgIpc) is 3.04. The number of hydrogen-bond donors (Lipinski definition) is 0. The van der Waals surface area contributed by atoms with Crippen LogP contribution in [-0.4, -0.2) is 15.7 Å². The number of aromatic nitrogens is 2. The maximum absolute atomic E-state index is 10.9. The van der Waals surface area contributed by atoms with E-state index in [9.17, 15) is 4.79 Å². The van der Waals surface area contributed by atoms with Crippen molar-refractivity contribution in [3.8, 4) is 0 Å². The van der Waals surface area contributed by atoms with Crippen LogP contribution in [0.5, 0.6) is 0 Å². The summed E-state index contributed by atoms with van der Waals surface area (Å²) in [4.78, 5) is 15.3. The minimum absolute atomic E-state index is 0.478. The smallest absolute Gasteiger partial charge is 0.166 e. The van der Waals surface area contributed by atoms with Crippen molar-refractivity contribution in [3.63, 3.8) is 0 Å². The van der Waals surface area contributed by atoms with Crippen LogP contribution in [0.15, 0.2) is 18.2 Å². The molecule has 15 heavy (non-hydrogen) atoms. The van der Waals surface area contributed by atoms with E-state index in [1.54, 1.807) is 6.07 Å². The van der Waals surface area contributed by atoms with Gasteiger partial charge in [0.2, 0.25) is 0 Å². The van der Waals surface area contributed by atoms with Gasteiger partial charge in [0, 0.05) is 5.92 Å². The fourth-order valence-electron chi connectivity index (χ4n) is 1.86. The summed E-state index contributed by atoms with van der Waals surface area (Å²) in [6, 6.07) is 5.49. The molecule has 1 aliphatic carbocycles. The minimum atomic E-state index is 0.478. The van der Waals surface area contributed by atoms with Crippen molar-refractivity contribution < 1.29 is 4.79 Å². The summed E-state index contributed by atoms with van der Waals surface area (Å²) in [6.07, 6.45) is 3.13. The molecule has 0 radical (unpaired) electrons. The SMILES string of the molecule is O=Cc1cccc2c(Cl)nc(C3CC3)n12.